The largest absolute Gasteiger partial charge is 0.546 e. The van der Waals surface area contributed by atoms with E-state index >= 15 is 0 Å². The number of aliphatic carboxylic acids is 1. The normalized spacial score (nSPS) is 10.5. The van der Waals surface area contributed by atoms with E-state index in [1.54, 1.807) is 30.3 Å². The number of nitrogens with one attached hydrogen (secondary N) is 1. The number of carbonyl (C=O) groups excluding carboxylic acids is 2. The van der Waals surface area contributed by atoms with Crippen LogP contribution in [0.25, 0.3) is 0 Å². The van der Waals surface area contributed by atoms with Crippen LogP contribution in [0.2, 0.25) is 0 Å². The molecule has 1 N–H and O–H groups in total. The van der Waals surface area contributed by atoms with Gasteiger partial charge in [0.05, 0.1) is 12.2 Å². The van der Waals surface area contributed by atoms with E-state index in [4.69, 9.17) is 9.47 Å². The number of carbonyl (C=O) groups is 2. The van der Waals surface area contributed by atoms with Gasteiger partial charge in [-0.2, -0.15) is 5.10 Å². The van der Waals surface area contributed by atoms with Crippen LogP contribution in [-0.4, -0.2) is 31.3 Å². The van der Waals surface area contributed by atoms with E-state index in [0.717, 1.165) is 11.1 Å². The minimum atomic E-state index is -1.33. The molecule has 0 atom stereocenters. The predicted molar refractivity (Wildman–Crippen MR) is 94.1 cm³/mol. The molecule has 0 aliphatic heterocycles. The molecule has 0 aliphatic rings. The average molecular weight is 355 g/mol. The van der Waals surface area contributed by atoms with E-state index in [0.29, 0.717) is 17.1 Å². The van der Waals surface area contributed by atoms with Gasteiger partial charge in [-0.3, -0.25) is 4.79 Å². The summed E-state index contributed by atoms with van der Waals surface area (Å²) in [5.74, 6) is -0.782. The number of hydrogen-bond donors (Lipinski definition) is 1. The fraction of sp³-hybridized carbons (Fsp3) is 0.211. The van der Waals surface area contributed by atoms with Gasteiger partial charge < -0.3 is 19.4 Å². The van der Waals surface area contributed by atoms with Crippen LogP contribution in [0.3, 0.4) is 0 Å². The van der Waals surface area contributed by atoms with E-state index in [1.807, 2.05) is 26.0 Å². The third-order valence-electron chi connectivity index (χ3n) is 3.57. The van der Waals surface area contributed by atoms with E-state index in [2.05, 4.69) is 10.5 Å². The van der Waals surface area contributed by atoms with Crippen molar-refractivity contribution < 1.29 is 24.2 Å². The Balaban J connectivity index is 1.89. The van der Waals surface area contributed by atoms with Crippen LogP contribution in [0, 0.1) is 13.8 Å². The molecule has 2 rings (SSSR count). The second-order valence-electron chi connectivity index (χ2n) is 5.48. The van der Waals surface area contributed by atoms with Crippen LogP contribution >= 0.6 is 0 Å². The summed E-state index contributed by atoms with van der Waals surface area (Å²) in [5.41, 5.74) is 4.92. The molecule has 0 bridgehead atoms. The Hall–Kier alpha value is -3.35. The molecule has 26 heavy (non-hydrogen) atoms. The molecular formula is C19H19N2O5-. The van der Waals surface area contributed by atoms with Crippen molar-refractivity contribution in [2.75, 3.05) is 13.2 Å². The summed E-state index contributed by atoms with van der Waals surface area (Å²) in [6.07, 6.45) is 1.36. The van der Waals surface area contributed by atoms with Gasteiger partial charge in [0.25, 0.3) is 5.91 Å². The number of nitrogens with zero attached hydrogens (tertiary/aromatic N) is 1. The summed E-state index contributed by atoms with van der Waals surface area (Å²) in [7, 11) is 0. The lowest BCUT2D eigenvalue weighted by atomic mass is 10.1. The number of carboxylic acids is 1. The Morgan fingerprint density at radius 1 is 1.04 bits per heavy atom. The first-order valence-electron chi connectivity index (χ1n) is 7.90. The molecule has 0 aliphatic carbocycles. The molecule has 0 heterocycles. The molecule has 0 radical (unpaired) electrons. The fourth-order valence-corrected chi connectivity index (χ4v) is 2.09. The third kappa shape index (κ3) is 5.62. The van der Waals surface area contributed by atoms with E-state index in [9.17, 15) is 14.7 Å². The minimum Gasteiger partial charge on any atom is -0.546 e. The molecule has 2 aromatic carbocycles. The van der Waals surface area contributed by atoms with E-state index < -0.39 is 18.5 Å². The maximum atomic E-state index is 11.8. The summed E-state index contributed by atoms with van der Waals surface area (Å²) < 4.78 is 10.6. The molecule has 2 aromatic rings. The standard InChI is InChI=1S/C19H20N2O5/c1-13-6-5-9-16(14(13)2)25-11-18(22)21-20-10-15-7-3-4-8-17(15)26-12-19(23)24/h3-10H,11-12H2,1-2H3,(H,21,22)(H,23,24)/p-1/b20-10-. The fourth-order valence-electron chi connectivity index (χ4n) is 2.09. The van der Waals surface area contributed by atoms with Crippen molar-refractivity contribution in [3.05, 3.63) is 59.2 Å². The number of hydrogen-bond acceptors (Lipinski definition) is 6. The third-order valence-corrected chi connectivity index (χ3v) is 3.57. The van der Waals surface area contributed by atoms with Crippen LogP contribution in [0.15, 0.2) is 47.6 Å². The highest BCUT2D eigenvalue weighted by Gasteiger charge is 2.06. The Labute approximate surface area is 151 Å². The van der Waals surface area contributed by atoms with Crippen molar-refractivity contribution in [2.45, 2.75) is 13.8 Å². The maximum absolute atomic E-state index is 11.8. The molecule has 0 saturated heterocycles. The second-order valence-corrected chi connectivity index (χ2v) is 5.48. The summed E-state index contributed by atoms with van der Waals surface area (Å²) in [6, 6.07) is 12.3. The number of amides is 1. The molecular weight excluding hydrogens is 336 g/mol. The lowest BCUT2D eigenvalue weighted by molar-refractivity contribution is -0.307. The maximum Gasteiger partial charge on any atom is 0.277 e. The smallest absolute Gasteiger partial charge is 0.277 e. The molecule has 7 nitrogen and oxygen atoms in total. The number of rotatable bonds is 8. The Kier molecular flexibility index (Phi) is 6.73. The van der Waals surface area contributed by atoms with Crippen molar-refractivity contribution in [3.8, 4) is 11.5 Å². The highest BCUT2D eigenvalue weighted by Crippen LogP contribution is 2.20. The van der Waals surface area contributed by atoms with Gasteiger partial charge in [0.1, 0.15) is 18.1 Å². The van der Waals surface area contributed by atoms with Crippen molar-refractivity contribution in [1.82, 2.24) is 5.43 Å². The van der Waals surface area contributed by atoms with Crippen molar-refractivity contribution in [2.24, 2.45) is 5.10 Å². The number of carboxylic acid groups (broad SMARTS) is 1. The van der Waals surface area contributed by atoms with E-state index in [1.165, 1.54) is 6.21 Å². The van der Waals surface area contributed by atoms with Gasteiger partial charge in [-0.05, 0) is 43.2 Å². The number of aryl methyl sites for hydroxylation is 1. The van der Waals surface area contributed by atoms with E-state index in [-0.39, 0.29) is 6.61 Å². The molecule has 0 fully saturated rings. The topological polar surface area (TPSA) is 100 Å². The Bertz CT molecular complexity index is 817. The van der Waals surface area contributed by atoms with Gasteiger partial charge in [-0.1, -0.05) is 24.3 Å². The number of para-hydroxylation sites is 1. The molecule has 7 heteroatoms. The average Bonchev–Trinajstić information content (AvgIpc) is 2.62. The van der Waals surface area contributed by atoms with Crippen LogP contribution in [0.5, 0.6) is 11.5 Å². The molecule has 136 valence electrons. The van der Waals surface area contributed by atoms with Crippen molar-refractivity contribution in [3.63, 3.8) is 0 Å². The summed E-state index contributed by atoms with van der Waals surface area (Å²) in [6.45, 7) is 3.14. The number of benzene rings is 2. The first-order chi connectivity index (χ1) is 12.5. The monoisotopic (exact) mass is 355 g/mol. The second kappa shape index (κ2) is 9.22. The van der Waals surface area contributed by atoms with Gasteiger partial charge in [0, 0.05) is 5.56 Å². The summed E-state index contributed by atoms with van der Waals surface area (Å²) in [5, 5.41) is 14.3. The van der Waals surface area contributed by atoms with Crippen molar-refractivity contribution in [1.29, 1.82) is 0 Å². The Morgan fingerprint density at radius 3 is 2.50 bits per heavy atom. The molecule has 1 amide bonds. The van der Waals surface area contributed by atoms with Gasteiger partial charge in [-0.25, -0.2) is 5.43 Å². The lowest BCUT2D eigenvalue weighted by Gasteiger charge is -2.10. The highest BCUT2D eigenvalue weighted by molar-refractivity contribution is 5.85. The van der Waals surface area contributed by atoms with Crippen LogP contribution in [0.4, 0.5) is 0 Å². The Morgan fingerprint density at radius 2 is 1.73 bits per heavy atom. The zero-order chi connectivity index (χ0) is 18.9. The quantitative estimate of drug-likeness (QED) is 0.562. The van der Waals surface area contributed by atoms with Crippen LogP contribution in [-0.2, 0) is 9.59 Å². The van der Waals surface area contributed by atoms with Gasteiger partial charge in [-0.15, -0.1) is 0 Å². The lowest BCUT2D eigenvalue weighted by Crippen LogP contribution is -2.29. The molecule has 0 aromatic heterocycles. The zero-order valence-corrected chi connectivity index (χ0v) is 14.5. The zero-order valence-electron chi connectivity index (χ0n) is 14.5. The highest BCUT2D eigenvalue weighted by atomic mass is 16.5. The first-order valence-corrected chi connectivity index (χ1v) is 7.90. The first kappa shape index (κ1) is 19.0. The van der Waals surface area contributed by atoms with Gasteiger partial charge in [0.15, 0.2) is 6.61 Å². The number of ether oxygens (including phenoxy) is 2. The van der Waals surface area contributed by atoms with Crippen LogP contribution < -0.4 is 20.0 Å². The molecule has 0 spiro atoms. The van der Waals surface area contributed by atoms with Crippen LogP contribution in [0.1, 0.15) is 16.7 Å². The molecule has 0 saturated carbocycles. The van der Waals surface area contributed by atoms with Crippen molar-refractivity contribution >= 4 is 18.1 Å². The summed E-state index contributed by atoms with van der Waals surface area (Å²) >= 11 is 0. The predicted octanol–water partition coefficient (Wildman–Crippen LogP) is 0.961. The SMILES string of the molecule is Cc1cccc(OCC(=O)N/N=C\c2ccccc2OCC(=O)[O-])c1C. The number of hydrazone groups is 1. The summed E-state index contributed by atoms with van der Waals surface area (Å²) in [4.78, 5) is 22.3. The van der Waals surface area contributed by atoms with Gasteiger partial charge in [0.2, 0.25) is 0 Å². The minimum absolute atomic E-state index is 0.176. The molecule has 0 unspecified atom stereocenters. The van der Waals surface area contributed by atoms with Gasteiger partial charge >= 0.3 is 0 Å².